The number of aliphatic hydroxyl groups is 1. The SMILES string of the molecule is CN(CCO)Cc1cnc(NN)cn1. The molecular weight excluding hydrogens is 182 g/mol. The number of hydrogen-bond donors (Lipinski definition) is 3. The van der Waals surface area contributed by atoms with Gasteiger partial charge in [0.15, 0.2) is 5.82 Å². The molecule has 0 aliphatic rings. The molecule has 0 radical (unpaired) electrons. The first-order valence-electron chi connectivity index (χ1n) is 4.33. The molecule has 0 saturated carbocycles. The molecule has 1 aromatic rings. The fourth-order valence-electron chi connectivity index (χ4n) is 1.04. The van der Waals surface area contributed by atoms with Crippen molar-refractivity contribution in [2.45, 2.75) is 6.54 Å². The minimum atomic E-state index is 0.145. The molecule has 0 fully saturated rings. The topological polar surface area (TPSA) is 87.3 Å². The number of nitrogens with one attached hydrogen (secondary N) is 1. The van der Waals surface area contributed by atoms with Crippen LogP contribution < -0.4 is 11.3 Å². The maximum absolute atomic E-state index is 8.69. The van der Waals surface area contributed by atoms with Crippen LogP contribution >= 0.6 is 0 Å². The van der Waals surface area contributed by atoms with Crippen molar-refractivity contribution in [3.63, 3.8) is 0 Å². The maximum Gasteiger partial charge on any atom is 0.158 e. The van der Waals surface area contributed by atoms with E-state index in [1.807, 2.05) is 11.9 Å². The second kappa shape index (κ2) is 5.48. The van der Waals surface area contributed by atoms with Crippen molar-refractivity contribution in [1.29, 1.82) is 0 Å². The predicted octanol–water partition coefficient (Wildman–Crippen LogP) is -0.814. The zero-order chi connectivity index (χ0) is 10.4. The number of hydrazine groups is 1. The Balaban J connectivity index is 2.50. The van der Waals surface area contributed by atoms with Crippen molar-refractivity contribution < 1.29 is 5.11 Å². The highest BCUT2D eigenvalue weighted by atomic mass is 16.3. The second-order valence-corrected chi connectivity index (χ2v) is 3.00. The Labute approximate surface area is 82.7 Å². The third-order valence-electron chi connectivity index (χ3n) is 1.77. The number of nitrogen functional groups attached to an aromatic ring is 1. The van der Waals surface area contributed by atoms with E-state index >= 15 is 0 Å². The molecule has 0 aliphatic carbocycles. The van der Waals surface area contributed by atoms with Gasteiger partial charge in [0.1, 0.15) is 0 Å². The van der Waals surface area contributed by atoms with Crippen LogP contribution in [0.2, 0.25) is 0 Å². The van der Waals surface area contributed by atoms with Crippen LogP contribution in [-0.2, 0) is 6.54 Å². The van der Waals surface area contributed by atoms with E-state index in [0.717, 1.165) is 5.69 Å². The number of rotatable bonds is 5. The van der Waals surface area contributed by atoms with E-state index in [4.69, 9.17) is 10.9 Å². The first kappa shape index (κ1) is 10.8. The summed E-state index contributed by atoms with van der Waals surface area (Å²) < 4.78 is 0. The normalized spacial score (nSPS) is 10.6. The first-order valence-corrected chi connectivity index (χ1v) is 4.33. The molecule has 0 amide bonds. The third-order valence-corrected chi connectivity index (χ3v) is 1.77. The zero-order valence-corrected chi connectivity index (χ0v) is 8.14. The van der Waals surface area contributed by atoms with E-state index in [1.165, 1.54) is 0 Å². The lowest BCUT2D eigenvalue weighted by atomic mass is 10.4. The van der Waals surface area contributed by atoms with Crippen LogP contribution in [0.25, 0.3) is 0 Å². The molecule has 0 aromatic carbocycles. The lowest BCUT2D eigenvalue weighted by molar-refractivity contribution is 0.216. The van der Waals surface area contributed by atoms with Gasteiger partial charge >= 0.3 is 0 Å². The van der Waals surface area contributed by atoms with E-state index in [9.17, 15) is 0 Å². The summed E-state index contributed by atoms with van der Waals surface area (Å²) in [5.74, 6) is 5.69. The molecule has 1 aromatic heterocycles. The van der Waals surface area contributed by atoms with Crippen molar-refractivity contribution >= 4 is 5.82 Å². The maximum atomic E-state index is 8.69. The zero-order valence-electron chi connectivity index (χ0n) is 8.14. The van der Waals surface area contributed by atoms with Gasteiger partial charge in [-0.15, -0.1) is 0 Å². The largest absolute Gasteiger partial charge is 0.395 e. The summed E-state index contributed by atoms with van der Waals surface area (Å²) in [5, 5.41) is 8.69. The highest BCUT2D eigenvalue weighted by Crippen LogP contribution is 2.01. The fraction of sp³-hybridized carbons (Fsp3) is 0.500. The molecule has 0 aliphatic heterocycles. The Hall–Kier alpha value is -1.24. The van der Waals surface area contributed by atoms with Crippen LogP contribution in [0, 0.1) is 0 Å². The minimum Gasteiger partial charge on any atom is -0.395 e. The standard InChI is InChI=1S/C8H15N5O/c1-13(2-3-14)6-7-4-11-8(12-9)5-10-7/h4-5,14H,2-3,6,9H2,1H3,(H,11,12). The fourth-order valence-corrected chi connectivity index (χ4v) is 1.04. The molecule has 14 heavy (non-hydrogen) atoms. The van der Waals surface area contributed by atoms with Gasteiger partial charge in [0.25, 0.3) is 0 Å². The molecule has 1 heterocycles. The Bertz CT molecular complexity index is 263. The molecule has 6 nitrogen and oxygen atoms in total. The molecule has 0 saturated heterocycles. The van der Waals surface area contributed by atoms with Crippen LogP contribution in [0.15, 0.2) is 12.4 Å². The van der Waals surface area contributed by atoms with Gasteiger partial charge in [0.05, 0.1) is 24.7 Å². The van der Waals surface area contributed by atoms with Gasteiger partial charge in [-0.25, -0.2) is 10.8 Å². The van der Waals surface area contributed by atoms with Crippen LogP contribution in [0.4, 0.5) is 5.82 Å². The van der Waals surface area contributed by atoms with Gasteiger partial charge in [-0.05, 0) is 7.05 Å². The van der Waals surface area contributed by atoms with Crippen molar-refractivity contribution in [2.75, 3.05) is 25.6 Å². The highest BCUT2D eigenvalue weighted by Gasteiger charge is 2.01. The quantitative estimate of drug-likeness (QED) is 0.422. The second-order valence-electron chi connectivity index (χ2n) is 3.00. The molecule has 78 valence electrons. The number of anilines is 1. The smallest absolute Gasteiger partial charge is 0.158 e. The van der Waals surface area contributed by atoms with Crippen molar-refractivity contribution in [3.8, 4) is 0 Å². The summed E-state index contributed by atoms with van der Waals surface area (Å²) in [6, 6.07) is 0. The molecule has 4 N–H and O–H groups in total. The first-order chi connectivity index (χ1) is 6.76. The van der Waals surface area contributed by atoms with Gasteiger partial charge < -0.3 is 10.5 Å². The Morgan fingerprint density at radius 1 is 1.50 bits per heavy atom. The van der Waals surface area contributed by atoms with Crippen LogP contribution in [0.3, 0.4) is 0 Å². The molecular formula is C8H15N5O. The van der Waals surface area contributed by atoms with Crippen molar-refractivity contribution in [3.05, 3.63) is 18.1 Å². The lowest BCUT2D eigenvalue weighted by Crippen LogP contribution is -2.22. The summed E-state index contributed by atoms with van der Waals surface area (Å²) in [7, 11) is 1.91. The lowest BCUT2D eigenvalue weighted by Gasteiger charge is -2.13. The van der Waals surface area contributed by atoms with Gasteiger partial charge in [0, 0.05) is 13.1 Å². The molecule has 0 bridgehead atoms. The van der Waals surface area contributed by atoms with E-state index in [0.29, 0.717) is 18.9 Å². The van der Waals surface area contributed by atoms with Crippen LogP contribution in [0.1, 0.15) is 5.69 Å². The van der Waals surface area contributed by atoms with Gasteiger partial charge in [-0.1, -0.05) is 0 Å². The van der Waals surface area contributed by atoms with Gasteiger partial charge in [0.2, 0.25) is 0 Å². The molecule has 0 atom stereocenters. The number of nitrogens with zero attached hydrogens (tertiary/aromatic N) is 3. The third kappa shape index (κ3) is 3.25. The average Bonchev–Trinajstić information content (AvgIpc) is 2.19. The minimum absolute atomic E-state index is 0.145. The number of likely N-dealkylation sites (N-methyl/N-ethyl adjacent to an activating group) is 1. The summed E-state index contributed by atoms with van der Waals surface area (Å²) in [5.41, 5.74) is 3.25. The Morgan fingerprint density at radius 2 is 2.29 bits per heavy atom. The summed E-state index contributed by atoms with van der Waals surface area (Å²) in [6.07, 6.45) is 3.23. The van der Waals surface area contributed by atoms with E-state index in [1.54, 1.807) is 12.4 Å². The number of aromatic nitrogens is 2. The number of hydrogen-bond acceptors (Lipinski definition) is 6. The van der Waals surface area contributed by atoms with Crippen molar-refractivity contribution in [1.82, 2.24) is 14.9 Å². The summed E-state index contributed by atoms with van der Waals surface area (Å²) in [6.45, 7) is 1.43. The van der Waals surface area contributed by atoms with Gasteiger partial charge in [-0.3, -0.25) is 9.88 Å². The number of nitrogens with two attached hydrogens (primary N) is 1. The van der Waals surface area contributed by atoms with E-state index < -0.39 is 0 Å². The highest BCUT2D eigenvalue weighted by molar-refractivity contribution is 5.28. The van der Waals surface area contributed by atoms with Crippen LogP contribution in [0.5, 0.6) is 0 Å². The van der Waals surface area contributed by atoms with Crippen LogP contribution in [-0.4, -0.2) is 40.2 Å². The Kier molecular flexibility index (Phi) is 4.24. The molecule has 6 heteroatoms. The Morgan fingerprint density at radius 3 is 2.79 bits per heavy atom. The predicted molar refractivity (Wildman–Crippen MR) is 53.3 cm³/mol. The van der Waals surface area contributed by atoms with Crippen molar-refractivity contribution in [2.24, 2.45) is 5.84 Å². The summed E-state index contributed by atoms with van der Waals surface area (Å²) in [4.78, 5) is 10.1. The average molecular weight is 197 g/mol. The van der Waals surface area contributed by atoms with E-state index in [-0.39, 0.29) is 6.61 Å². The summed E-state index contributed by atoms with van der Waals surface area (Å²) >= 11 is 0. The molecule has 1 rings (SSSR count). The monoisotopic (exact) mass is 197 g/mol. The van der Waals surface area contributed by atoms with Gasteiger partial charge in [-0.2, -0.15) is 0 Å². The molecule has 0 spiro atoms. The van der Waals surface area contributed by atoms with E-state index in [2.05, 4.69) is 15.4 Å². The molecule has 0 unspecified atom stereocenters. The number of aliphatic hydroxyl groups excluding tert-OH is 1.